The first-order chi connectivity index (χ1) is 5.11. The quantitative estimate of drug-likeness (QED) is 0.605. The number of carbonyl (C=O) groups is 2. The van der Waals surface area contributed by atoms with Gasteiger partial charge in [-0.1, -0.05) is 0 Å². The summed E-state index contributed by atoms with van der Waals surface area (Å²) in [6, 6.07) is -0.761. The van der Waals surface area contributed by atoms with E-state index in [1.165, 1.54) is 6.92 Å². The smallest absolute Gasteiger partial charge is 0.325 e. The molecule has 0 aromatic heterocycles. The predicted octanol–water partition coefficient (Wildman–Crippen LogP) is -0.0143. The maximum Gasteiger partial charge on any atom is 0.325 e. The van der Waals surface area contributed by atoms with E-state index in [1.54, 1.807) is 0 Å². The molecule has 0 spiro atoms. The van der Waals surface area contributed by atoms with Crippen LogP contribution in [0.1, 0.15) is 19.8 Å². The molecule has 1 fully saturated rings. The van der Waals surface area contributed by atoms with Crippen LogP contribution in [0.3, 0.4) is 0 Å². The Morgan fingerprint density at radius 1 is 1.55 bits per heavy atom. The zero-order valence-electron chi connectivity index (χ0n) is 6.33. The fraction of sp³-hybridized carbons (Fsp3) is 0.714. The molecule has 1 atom stereocenters. The molecular weight excluding hydrogens is 146 g/mol. The Kier molecular flexibility index (Phi) is 2.12. The second-order valence-corrected chi connectivity index (χ2v) is 2.84. The molecule has 4 heteroatoms. The van der Waals surface area contributed by atoms with Crippen molar-refractivity contribution in [3.8, 4) is 0 Å². The Balaban J connectivity index is 2.28. The van der Waals surface area contributed by atoms with Gasteiger partial charge in [0, 0.05) is 5.92 Å². The van der Waals surface area contributed by atoms with Crippen molar-refractivity contribution < 1.29 is 14.7 Å². The first kappa shape index (κ1) is 8.04. The van der Waals surface area contributed by atoms with E-state index in [0.29, 0.717) is 0 Å². The van der Waals surface area contributed by atoms with Gasteiger partial charge in [0.05, 0.1) is 0 Å². The second kappa shape index (κ2) is 2.90. The average Bonchev–Trinajstić information content (AvgIpc) is 2.67. The van der Waals surface area contributed by atoms with E-state index in [9.17, 15) is 9.59 Å². The third-order valence-electron chi connectivity index (χ3n) is 1.68. The third kappa shape index (κ3) is 2.22. The summed E-state index contributed by atoms with van der Waals surface area (Å²) in [7, 11) is 0. The molecule has 11 heavy (non-hydrogen) atoms. The van der Waals surface area contributed by atoms with Gasteiger partial charge in [0.1, 0.15) is 6.04 Å². The summed E-state index contributed by atoms with van der Waals surface area (Å²) in [5, 5.41) is 10.8. The van der Waals surface area contributed by atoms with Crippen molar-refractivity contribution in [1.82, 2.24) is 5.32 Å². The van der Waals surface area contributed by atoms with E-state index in [1.807, 2.05) is 0 Å². The molecule has 1 aliphatic carbocycles. The van der Waals surface area contributed by atoms with Crippen LogP contribution in [0, 0.1) is 5.92 Å². The van der Waals surface area contributed by atoms with Crippen molar-refractivity contribution in [3.63, 3.8) is 0 Å². The fourth-order valence-corrected chi connectivity index (χ4v) is 0.738. The number of amides is 1. The van der Waals surface area contributed by atoms with Gasteiger partial charge in [-0.05, 0) is 19.8 Å². The lowest BCUT2D eigenvalue weighted by atomic mass is 10.3. The van der Waals surface area contributed by atoms with Crippen molar-refractivity contribution in [3.05, 3.63) is 0 Å². The lowest BCUT2D eigenvalue weighted by Crippen LogP contribution is -2.39. The monoisotopic (exact) mass is 157 g/mol. The number of carbonyl (C=O) groups excluding carboxylic acids is 1. The van der Waals surface area contributed by atoms with Crippen LogP contribution in [0.2, 0.25) is 0 Å². The summed E-state index contributed by atoms with van der Waals surface area (Å²) in [5.74, 6) is -1.03. The van der Waals surface area contributed by atoms with Gasteiger partial charge >= 0.3 is 5.97 Å². The van der Waals surface area contributed by atoms with Gasteiger partial charge in [0.2, 0.25) is 5.91 Å². The van der Waals surface area contributed by atoms with Crippen LogP contribution < -0.4 is 5.32 Å². The van der Waals surface area contributed by atoms with Gasteiger partial charge in [-0.15, -0.1) is 0 Å². The van der Waals surface area contributed by atoms with Gasteiger partial charge in [-0.2, -0.15) is 0 Å². The maximum atomic E-state index is 10.9. The first-order valence-corrected chi connectivity index (χ1v) is 3.64. The highest BCUT2D eigenvalue weighted by Crippen LogP contribution is 2.28. The van der Waals surface area contributed by atoms with E-state index < -0.39 is 12.0 Å². The zero-order chi connectivity index (χ0) is 8.43. The highest BCUT2D eigenvalue weighted by Gasteiger charge is 2.31. The van der Waals surface area contributed by atoms with Crippen LogP contribution in [-0.4, -0.2) is 23.0 Å². The molecule has 1 saturated carbocycles. The van der Waals surface area contributed by atoms with Crippen molar-refractivity contribution in [2.75, 3.05) is 0 Å². The molecule has 0 heterocycles. The van der Waals surface area contributed by atoms with Gasteiger partial charge in [0.15, 0.2) is 0 Å². The van der Waals surface area contributed by atoms with Gasteiger partial charge in [0.25, 0.3) is 0 Å². The highest BCUT2D eigenvalue weighted by atomic mass is 16.4. The summed E-state index contributed by atoms with van der Waals surface area (Å²) < 4.78 is 0. The van der Waals surface area contributed by atoms with E-state index in [2.05, 4.69) is 5.32 Å². The summed E-state index contributed by atoms with van der Waals surface area (Å²) in [4.78, 5) is 21.2. The van der Waals surface area contributed by atoms with E-state index in [4.69, 9.17) is 5.11 Å². The molecule has 1 rings (SSSR count). The number of nitrogens with one attached hydrogen (secondary N) is 1. The summed E-state index contributed by atoms with van der Waals surface area (Å²) in [6.07, 6.45) is 1.80. The Labute approximate surface area is 64.6 Å². The number of carboxylic acid groups (broad SMARTS) is 1. The van der Waals surface area contributed by atoms with Crippen molar-refractivity contribution in [2.45, 2.75) is 25.8 Å². The minimum absolute atomic E-state index is 0.0804. The average molecular weight is 157 g/mol. The Hall–Kier alpha value is -1.06. The number of hydrogen-bond acceptors (Lipinski definition) is 2. The van der Waals surface area contributed by atoms with Crippen LogP contribution in [0.15, 0.2) is 0 Å². The topological polar surface area (TPSA) is 66.4 Å². The summed E-state index contributed by atoms with van der Waals surface area (Å²) >= 11 is 0. The normalized spacial score (nSPS) is 19.0. The highest BCUT2D eigenvalue weighted by molar-refractivity contribution is 5.85. The fourth-order valence-electron chi connectivity index (χ4n) is 0.738. The number of rotatable bonds is 3. The van der Waals surface area contributed by atoms with Crippen molar-refractivity contribution in [2.24, 2.45) is 5.92 Å². The molecule has 1 amide bonds. The number of hydrogen-bond donors (Lipinski definition) is 2. The molecule has 62 valence electrons. The molecule has 0 aromatic rings. The largest absolute Gasteiger partial charge is 0.480 e. The van der Waals surface area contributed by atoms with Crippen LogP contribution in [0.5, 0.6) is 0 Å². The molecule has 2 N–H and O–H groups in total. The van der Waals surface area contributed by atoms with Crippen LogP contribution >= 0.6 is 0 Å². The third-order valence-corrected chi connectivity index (χ3v) is 1.68. The summed E-state index contributed by atoms with van der Waals surface area (Å²) in [5.41, 5.74) is 0. The molecular formula is C7H11NO3. The molecule has 1 aliphatic rings. The zero-order valence-corrected chi connectivity index (χ0v) is 6.33. The van der Waals surface area contributed by atoms with Crippen LogP contribution in [0.25, 0.3) is 0 Å². The SMILES string of the molecule is CC(NC(=O)C1CC1)C(=O)O. The standard InChI is InChI=1S/C7H11NO3/c1-4(7(10)11)8-6(9)5-2-3-5/h4-5H,2-3H2,1H3,(H,8,9)(H,10,11). The summed E-state index contributed by atoms with van der Waals surface area (Å²) in [6.45, 7) is 1.46. The van der Waals surface area contributed by atoms with E-state index in [-0.39, 0.29) is 11.8 Å². The molecule has 0 radical (unpaired) electrons. The molecule has 0 bridgehead atoms. The second-order valence-electron chi connectivity index (χ2n) is 2.84. The molecule has 0 saturated heterocycles. The number of aliphatic carboxylic acids is 1. The Bertz CT molecular complexity index is 186. The minimum atomic E-state index is -0.987. The molecule has 4 nitrogen and oxygen atoms in total. The van der Waals surface area contributed by atoms with E-state index >= 15 is 0 Å². The van der Waals surface area contributed by atoms with Gasteiger partial charge in [-0.3, -0.25) is 9.59 Å². The predicted molar refractivity (Wildman–Crippen MR) is 38.0 cm³/mol. The lowest BCUT2D eigenvalue weighted by molar-refractivity contribution is -0.141. The van der Waals surface area contributed by atoms with Crippen LogP contribution in [-0.2, 0) is 9.59 Å². The first-order valence-electron chi connectivity index (χ1n) is 3.64. The van der Waals surface area contributed by atoms with Gasteiger partial charge in [-0.25, -0.2) is 0 Å². The van der Waals surface area contributed by atoms with Crippen molar-refractivity contribution in [1.29, 1.82) is 0 Å². The van der Waals surface area contributed by atoms with Crippen molar-refractivity contribution >= 4 is 11.9 Å². The minimum Gasteiger partial charge on any atom is -0.480 e. The molecule has 1 unspecified atom stereocenters. The Morgan fingerprint density at radius 2 is 2.09 bits per heavy atom. The maximum absolute atomic E-state index is 10.9. The van der Waals surface area contributed by atoms with E-state index in [0.717, 1.165) is 12.8 Å². The Morgan fingerprint density at radius 3 is 2.45 bits per heavy atom. The van der Waals surface area contributed by atoms with Crippen LogP contribution in [0.4, 0.5) is 0 Å². The molecule has 0 aliphatic heterocycles. The lowest BCUT2D eigenvalue weighted by Gasteiger charge is -2.07. The van der Waals surface area contributed by atoms with Gasteiger partial charge < -0.3 is 10.4 Å². The molecule has 0 aromatic carbocycles. The number of carboxylic acids is 1.